The summed E-state index contributed by atoms with van der Waals surface area (Å²) in [6, 6.07) is 5.70. The number of nitrogens with zero attached hydrogens (tertiary/aromatic N) is 3. The van der Waals surface area contributed by atoms with Gasteiger partial charge < -0.3 is 15.3 Å². The number of aromatic nitrogens is 2. The zero-order valence-electron chi connectivity index (χ0n) is 17.0. The van der Waals surface area contributed by atoms with Gasteiger partial charge >= 0.3 is 5.97 Å². The molecule has 154 valence electrons. The lowest BCUT2D eigenvalue weighted by atomic mass is 9.93. The van der Waals surface area contributed by atoms with Crippen LogP contribution in [0.1, 0.15) is 59.5 Å². The van der Waals surface area contributed by atoms with Crippen LogP contribution in [0.3, 0.4) is 0 Å². The first kappa shape index (κ1) is 20.6. The average molecular weight is 398 g/mol. The number of carboxylic acids is 1. The highest BCUT2D eigenvalue weighted by atomic mass is 16.4. The van der Waals surface area contributed by atoms with Crippen molar-refractivity contribution >= 4 is 17.8 Å². The van der Waals surface area contributed by atoms with E-state index in [-0.39, 0.29) is 40.4 Å². The van der Waals surface area contributed by atoms with E-state index in [1.165, 1.54) is 18.2 Å². The Hall–Kier alpha value is -3.16. The van der Waals surface area contributed by atoms with E-state index in [0.29, 0.717) is 13.0 Å². The van der Waals surface area contributed by atoms with Gasteiger partial charge in [0.25, 0.3) is 5.91 Å². The van der Waals surface area contributed by atoms with Crippen molar-refractivity contribution < 1.29 is 19.5 Å². The molecule has 1 saturated heterocycles. The number of carboxylic acid groups (broad SMARTS) is 1. The van der Waals surface area contributed by atoms with Gasteiger partial charge in [-0.2, -0.15) is 5.10 Å². The highest BCUT2D eigenvalue weighted by Crippen LogP contribution is 2.42. The van der Waals surface area contributed by atoms with Gasteiger partial charge in [-0.1, -0.05) is 6.07 Å². The molecule has 1 aliphatic rings. The Morgan fingerprint density at radius 3 is 2.55 bits per heavy atom. The zero-order valence-corrected chi connectivity index (χ0v) is 17.0. The van der Waals surface area contributed by atoms with Gasteiger partial charge in [-0.3, -0.25) is 14.3 Å². The molecule has 3 rings (SSSR count). The molecule has 2 heterocycles. The summed E-state index contributed by atoms with van der Waals surface area (Å²) >= 11 is 0. The van der Waals surface area contributed by atoms with E-state index in [0.717, 1.165) is 5.56 Å². The first-order chi connectivity index (χ1) is 13.6. The second kappa shape index (κ2) is 7.69. The molecule has 1 aliphatic heterocycles. The van der Waals surface area contributed by atoms with Gasteiger partial charge in [-0.05, 0) is 39.0 Å². The maximum absolute atomic E-state index is 12.8. The van der Waals surface area contributed by atoms with E-state index in [4.69, 9.17) is 5.11 Å². The summed E-state index contributed by atoms with van der Waals surface area (Å²) in [5.41, 5.74) is 0.896. The molecule has 2 atom stereocenters. The van der Waals surface area contributed by atoms with Gasteiger partial charge in [0.05, 0.1) is 17.8 Å². The number of amides is 2. The number of benzene rings is 1. The lowest BCUT2D eigenvalue weighted by molar-refractivity contribution is -0.133. The second-order valence-corrected chi connectivity index (χ2v) is 8.39. The van der Waals surface area contributed by atoms with E-state index < -0.39 is 5.97 Å². The van der Waals surface area contributed by atoms with E-state index in [2.05, 4.69) is 10.4 Å². The summed E-state index contributed by atoms with van der Waals surface area (Å²) in [5, 5.41) is 16.2. The fourth-order valence-corrected chi connectivity index (χ4v) is 3.91. The van der Waals surface area contributed by atoms with E-state index in [9.17, 15) is 14.4 Å². The Labute approximate surface area is 169 Å². The minimum atomic E-state index is -1.08. The van der Waals surface area contributed by atoms with Crippen molar-refractivity contribution in [3.63, 3.8) is 0 Å². The van der Waals surface area contributed by atoms with Gasteiger partial charge in [0.1, 0.15) is 0 Å². The molecule has 1 fully saturated rings. The van der Waals surface area contributed by atoms with Crippen LogP contribution in [0.25, 0.3) is 0 Å². The first-order valence-electron chi connectivity index (χ1n) is 9.50. The smallest absolute Gasteiger partial charge is 0.335 e. The van der Waals surface area contributed by atoms with Crippen LogP contribution in [0.2, 0.25) is 0 Å². The van der Waals surface area contributed by atoms with Crippen molar-refractivity contribution in [3.8, 4) is 0 Å². The maximum atomic E-state index is 12.8. The Balaban J connectivity index is 1.80. The number of aromatic carboxylic acids is 1. The predicted molar refractivity (Wildman–Crippen MR) is 106 cm³/mol. The van der Waals surface area contributed by atoms with Gasteiger partial charge in [-0.15, -0.1) is 0 Å². The summed E-state index contributed by atoms with van der Waals surface area (Å²) in [6.45, 7) is 6.28. The predicted octanol–water partition coefficient (Wildman–Crippen LogP) is 2.24. The molecular formula is C21H26N4O4. The zero-order chi connectivity index (χ0) is 21.3. The monoisotopic (exact) mass is 398 g/mol. The summed E-state index contributed by atoms with van der Waals surface area (Å²) in [5.74, 6) is -1.52. The van der Waals surface area contributed by atoms with Crippen LogP contribution in [0, 0.1) is 5.92 Å². The molecule has 1 aromatic heterocycles. The third kappa shape index (κ3) is 4.31. The van der Waals surface area contributed by atoms with Crippen LogP contribution in [0.15, 0.2) is 36.7 Å². The number of rotatable bonds is 5. The maximum Gasteiger partial charge on any atom is 0.335 e. The third-order valence-electron chi connectivity index (χ3n) is 5.12. The molecule has 0 saturated carbocycles. The normalized spacial score (nSPS) is 19.4. The number of hydrogen-bond acceptors (Lipinski definition) is 4. The fourth-order valence-electron chi connectivity index (χ4n) is 3.91. The van der Waals surface area contributed by atoms with Crippen LogP contribution >= 0.6 is 0 Å². The molecule has 0 spiro atoms. The summed E-state index contributed by atoms with van der Waals surface area (Å²) in [7, 11) is 1.83. The van der Waals surface area contributed by atoms with Crippen molar-refractivity contribution in [2.75, 3.05) is 6.54 Å². The van der Waals surface area contributed by atoms with Crippen LogP contribution in [-0.2, 0) is 11.8 Å². The van der Waals surface area contributed by atoms with E-state index >= 15 is 0 Å². The number of carbonyl (C=O) groups is 3. The quantitative estimate of drug-likeness (QED) is 0.804. The largest absolute Gasteiger partial charge is 0.478 e. The van der Waals surface area contributed by atoms with Crippen LogP contribution in [-0.4, -0.2) is 49.7 Å². The molecule has 2 aromatic rings. The molecule has 2 amide bonds. The van der Waals surface area contributed by atoms with Crippen molar-refractivity contribution in [3.05, 3.63) is 53.3 Å². The molecule has 0 radical (unpaired) electrons. The van der Waals surface area contributed by atoms with Crippen LogP contribution in [0.4, 0.5) is 0 Å². The molecule has 8 nitrogen and oxygen atoms in total. The third-order valence-corrected chi connectivity index (χ3v) is 5.12. The topological polar surface area (TPSA) is 105 Å². The standard InChI is InChI=1S/C21H26N4O4/c1-21(2,3)25-17(26)9-15(18(25)16-11-23-24(4)12-16)10-22-19(27)13-6-5-7-14(8-13)20(28)29/h5-8,11-12,15,18H,9-10H2,1-4H3,(H,22,27)(H,28,29)/t15-,18+/m1/s1. The average Bonchev–Trinajstić information content (AvgIpc) is 3.22. The first-order valence-corrected chi connectivity index (χ1v) is 9.50. The second-order valence-electron chi connectivity index (χ2n) is 8.39. The molecule has 29 heavy (non-hydrogen) atoms. The number of likely N-dealkylation sites (tertiary alicyclic amines) is 1. The minimum Gasteiger partial charge on any atom is -0.478 e. The van der Waals surface area contributed by atoms with Crippen molar-refractivity contribution in [1.82, 2.24) is 20.0 Å². The molecule has 8 heteroatoms. The van der Waals surface area contributed by atoms with Crippen molar-refractivity contribution in [1.29, 1.82) is 0 Å². The summed E-state index contributed by atoms with van der Waals surface area (Å²) in [6.07, 6.45) is 3.98. The molecule has 0 unspecified atom stereocenters. The summed E-state index contributed by atoms with van der Waals surface area (Å²) in [4.78, 5) is 38.3. The van der Waals surface area contributed by atoms with Gasteiger partial charge in [-0.25, -0.2) is 4.79 Å². The van der Waals surface area contributed by atoms with Gasteiger partial charge in [0.2, 0.25) is 5.91 Å². The van der Waals surface area contributed by atoms with Gasteiger partial charge in [0, 0.05) is 48.8 Å². The number of carbonyl (C=O) groups excluding carboxylic acids is 2. The lowest BCUT2D eigenvalue weighted by Gasteiger charge is -2.38. The van der Waals surface area contributed by atoms with Crippen molar-refractivity contribution in [2.24, 2.45) is 13.0 Å². The minimum absolute atomic E-state index is 0.0403. The van der Waals surface area contributed by atoms with Crippen LogP contribution in [0.5, 0.6) is 0 Å². The summed E-state index contributed by atoms with van der Waals surface area (Å²) < 4.78 is 1.70. The molecule has 0 aliphatic carbocycles. The van der Waals surface area contributed by atoms with E-state index in [1.54, 1.807) is 16.9 Å². The number of hydrogen-bond donors (Lipinski definition) is 2. The Morgan fingerprint density at radius 2 is 1.97 bits per heavy atom. The molecule has 0 bridgehead atoms. The molecular weight excluding hydrogens is 372 g/mol. The van der Waals surface area contributed by atoms with E-state index in [1.807, 2.05) is 38.9 Å². The SMILES string of the molecule is Cn1cc([C@@H]2[C@@H](CNC(=O)c3cccc(C(=O)O)c3)CC(=O)N2C(C)(C)C)cn1. The Kier molecular flexibility index (Phi) is 5.46. The Morgan fingerprint density at radius 1 is 1.28 bits per heavy atom. The van der Waals surface area contributed by atoms with Crippen molar-refractivity contribution in [2.45, 2.75) is 38.8 Å². The fraction of sp³-hybridized carbons (Fsp3) is 0.429. The molecule has 2 N–H and O–H groups in total. The van der Waals surface area contributed by atoms with Gasteiger partial charge in [0.15, 0.2) is 0 Å². The highest BCUT2D eigenvalue weighted by molar-refractivity contribution is 5.97. The number of aryl methyl sites for hydroxylation is 1. The van der Waals surface area contributed by atoms with Crippen LogP contribution < -0.4 is 5.32 Å². The molecule has 1 aromatic carbocycles. The number of nitrogens with one attached hydrogen (secondary N) is 1. The Bertz CT molecular complexity index is 944. The highest BCUT2D eigenvalue weighted by Gasteiger charge is 2.45. The lowest BCUT2D eigenvalue weighted by Crippen LogP contribution is -2.44.